The highest BCUT2D eigenvalue weighted by Gasteiger charge is 2.20. The fraction of sp³-hybridized carbons (Fsp3) is 0.538. The van der Waals surface area contributed by atoms with E-state index < -0.39 is 0 Å². The highest BCUT2D eigenvalue weighted by Crippen LogP contribution is 2.28. The summed E-state index contributed by atoms with van der Waals surface area (Å²) in [6.45, 7) is 3.05. The molecule has 0 spiro atoms. The molecule has 1 aromatic rings. The maximum absolute atomic E-state index is 5.49. The Morgan fingerprint density at radius 1 is 1.33 bits per heavy atom. The minimum absolute atomic E-state index is 0.855. The van der Waals surface area contributed by atoms with Crippen LogP contribution in [0.5, 0.6) is 5.75 Å². The van der Waals surface area contributed by atoms with Gasteiger partial charge in [-0.05, 0) is 42.5 Å². The molecule has 0 bridgehead atoms. The fourth-order valence-electron chi connectivity index (χ4n) is 2.09. The summed E-state index contributed by atoms with van der Waals surface area (Å²) in [6, 6.07) is 6.56. The van der Waals surface area contributed by atoms with Crippen LogP contribution < -0.4 is 10.1 Å². The Bertz CT molecular complexity index is 358. The zero-order valence-electron chi connectivity index (χ0n) is 8.96. The monoisotopic (exact) mass is 203 g/mol. The number of nitrogens with one attached hydrogen (secondary N) is 1. The average Bonchev–Trinajstić information content (AvgIpc) is 2.95. The van der Waals surface area contributed by atoms with Crippen LogP contribution in [0.3, 0.4) is 0 Å². The second kappa shape index (κ2) is 3.86. The number of hydrogen-bond donors (Lipinski definition) is 1. The highest BCUT2D eigenvalue weighted by molar-refractivity contribution is 5.39. The van der Waals surface area contributed by atoms with Crippen molar-refractivity contribution in [2.75, 3.05) is 13.2 Å². The van der Waals surface area contributed by atoms with Gasteiger partial charge in [0.05, 0.1) is 6.61 Å². The molecular weight excluding hydrogens is 186 g/mol. The SMILES string of the molecule is c1cc2c(cc1CNCC1CC1)CCO2. The maximum atomic E-state index is 5.49. The Kier molecular flexibility index (Phi) is 2.37. The van der Waals surface area contributed by atoms with Gasteiger partial charge in [-0.25, -0.2) is 0 Å². The van der Waals surface area contributed by atoms with E-state index in [0.29, 0.717) is 0 Å². The molecule has 0 radical (unpaired) electrons. The molecule has 3 rings (SSSR count). The lowest BCUT2D eigenvalue weighted by molar-refractivity contribution is 0.357. The van der Waals surface area contributed by atoms with Gasteiger partial charge >= 0.3 is 0 Å². The summed E-state index contributed by atoms with van der Waals surface area (Å²) in [5.41, 5.74) is 2.76. The lowest BCUT2D eigenvalue weighted by Gasteiger charge is -2.05. The van der Waals surface area contributed by atoms with Gasteiger partial charge < -0.3 is 10.1 Å². The van der Waals surface area contributed by atoms with Crippen molar-refractivity contribution in [3.05, 3.63) is 29.3 Å². The Hall–Kier alpha value is -1.02. The molecule has 15 heavy (non-hydrogen) atoms. The van der Waals surface area contributed by atoms with Crippen molar-refractivity contribution in [2.45, 2.75) is 25.8 Å². The summed E-state index contributed by atoms with van der Waals surface area (Å²) < 4.78 is 5.49. The molecule has 2 heteroatoms. The topological polar surface area (TPSA) is 21.3 Å². The predicted octanol–water partition coefficient (Wildman–Crippen LogP) is 2.12. The van der Waals surface area contributed by atoms with Gasteiger partial charge in [0, 0.05) is 13.0 Å². The molecule has 1 fully saturated rings. The molecule has 2 nitrogen and oxygen atoms in total. The van der Waals surface area contributed by atoms with E-state index in [9.17, 15) is 0 Å². The van der Waals surface area contributed by atoms with Crippen LogP contribution in [0.2, 0.25) is 0 Å². The number of rotatable bonds is 4. The molecule has 1 aromatic carbocycles. The third kappa shape index (κ3) is 2.15. The van der Waals surface area contributed by atoms with Gasteiger partial charge in [0.1, 0.15) is 5.75 Å². The van der Waals surface area contributed by atoms with Gasteiger partial charge in [-0.1, -0.05) is 12.1 Å². The molecule has 2 aliphatic rings. The summed E-state index contributed by atoms with van der Waals surface area (Å²) in [6.07, 6.45) is 3.92. The van der Waals surface area contributed by atoms with Crippen LogP contribution in [0.25, 0.3) is 0 Å². The molecule has 1 heterocycles. The van der Waals surface area contributed by atoms with Crippen LogP contribution in [0, 0.1) is 5.92 Å². The van der Waals surface area contributed by atoms with Crippen molar-refractivity contribution in [3.63, 3.8) is 0 Å². The van der Waals surface area contributed by atoms with E-state index in [2.05, 4.69) is 23.5 Å². The first-order valence-electron chi connectivity index (χ1n) is 5.87. The molecule has 1 aliphatic carbocycles. The lowest BCUT2D eigenvalue weighted by Crippen LogP contribution is -2.16. The molecule has 80 valence electrons. The molecule has 1 N–H and O–H groups in total. The van der Waals surface area contributed by atoms with Gasteiger partial charge in [0.25, 0.3) is 0 Å². The predicted molar refractivity (Wildman–Crippen MR) is 60.1 cm³/mol. The van der Waals surface area contributed by atoms with Gasteiger partial charge in [0.15, 0.2) is 0 Å². The van der Waals surface area contributed by atoms with E-state index >= 15 is 0 Å². The van der Waals surface area contributed by atoms with Crippen molar-refractivity contribution >= 4 is 0 Å². The van der Waals surface area contributed by atoms with Gasteiger partial charge in [-0.3, -0.25) is 0 Å². The zero-order valence-corrected chi connectivity index (χ0v) is 8.96. The first-order valence-corrected chi connectivity index (χ1v) is 5.87. The van der Waals surface area contributed by atoms with E-state index in [1.807, 2.05) is 0 Å². The molecule has 0 atom stereocenters. The molecule has 1 aliphatic heterocycles. The summed E-state index contributed by atoms with van der Waals surface area (Å²) in [7, 11) is 0. The largest absolute Gasteiger partial charge is 0.493 e. The van der Waals surface area contributed by atoms with Crippen molar-refractivity contribution in [1.29, 1.82) is 0 Å². The van der Waals surface area contributed by atoms with Crippen LogP contribution in [-0.4, -0.2) is 13.2 Å². The zero-order chi connectivity index (χ0) is 10.1. The van der Waals surface area contributed by atoms with Crippen LogP contribution in [0.4, 0.5) is 0 Å². The Morgan fingerprint density at radius 3 is 3.13 bits per heavy atom. The second-order valence-corrected chi connectivity index (χ2v) is 4.61. The van der Waals surface area contributed by atoms with Gasteiger partial charge in [0.2, 0.25) is 0 Å². The first-order chi connectivity index (χ1) is 7.42. The summed E-state index contributed by atoms with van der Waals surface area (Å²) in [5, 5.41) is 3.51. The maximum Gasteiger partial charge on any atom is 0.122 e. The average molecular weight is 203 g/mol. The second-order valence-electron chi connectivity index (χ2n) is 4.61. The van der Waals surface area contributed by atoms with E-state index in [1.54, 1.807) is 0 Å². The first kappa shape index (κ1) is 9.22. The lowest BCUT2D eigenvalue weighted by atomic mass is 10.1. The Balaban J connectivity index is 1.59. The molecule has 0 unspecified atom stereocenters. The normalized spacial score (nSPS) is 18.7. The Labute approximate surface area is 90.6 Å². The van der Waals surface area contributed by atoms with E-state index in [1.165, 1.54) is 30.5 Å². The number of benzene rings is 1. The van der Waals surface area contributed by atoms with Gasteiger partial charge in [-0.15, -0.1) is 0 Å². The van der Waals surface area contributed by atoms with Crippen LogP contribution >= 0.6 is 0 Å². The van der Waals surface area contributed by atoms with Crippen LogP contribution in [0.15, 0.2) is 18.2 Å². The minimum atomic E-state index is 0.855. The number of ether oxygens (including phenoxy) is 1. The molecular formula is C13H17NO. The number of fused-ring (bicyclic) bond motifs is 1. The fourth-order valence-corrected chi connectivity index (χ4v) is 2.09. The smallest absolute Gasteiger partial charge is 0.122 e. The Morgan fingerprint density at radius 2 is 2.27 bits per heavy atom. The quantitative estimate of drug-likeness (QED) is 0.809. The minimum Gasteiger partial charge on any atom is -0.493 e. The van der Waals surface area contributed by atoms with Crippen molar-refractivity contribution in [1.82, 2.24) is 5.32 Å². The highest BCUT2D eigenvalue weighted by atomic mass is 16.5. The third-order valence-corrected chi connectivity index (χ3v) is 3.21. The van der Waals surface area contributed by atoms with Crippen LogP contribution in [-0.2, 0) is 13.0 Å². The standard InChI is InChI=1S/C13H17NO/c1-2-10(1)8-14-9-11-3-4-13-12(7-11)5-6-15-13/h3-4,7,10,14H,1-2,5-6,8-9H2. The summed E-state index contributed by atoms with van der Waals surface area (Å²) >= 11 is 0. The molecule has 0 aromatic heterocycles. The molecule has 0 amide bonds. The van der Waals surface area contributed by atoms with Gasteiger partial charge in [-0.2, -0.15) is 0 Å². The van der Waals surface area contributed by atoms with Crippen molar-refractivity contribution < 1.29 is 4.74 Å². The van der Waals surface area contributed by atoms with Crippen molar-refractivity contribution in [2.24, 2.45) is 5.92 Å². The number of hydrogen-bond acceptors (Lipinski definition) is 2. The van der Waals surface area contributed by atoms with Crippen molar-refractivity contribution in [3.8, 4) is 5.75 Å². The van der Waals surface area contributed by atoms with Crippen LogP contribution in [0.1, 0.15) is 24.0 Å². The third-order valence-electron chi connectivity index (χ3n) is 3.21. The summed E-state index contributed by atoms with van der Waals surface area (Å²) in [5.74, 6) is 2.05. The molecule has 0 saturated heterocycles. The summed E-state index contributed by atoms with van der Waals surface area (Å²) in [4.78, 5) is 0. The molecule has 1 saturated carbocycles. The van der Waals surface area contributed by atoms with E-state index in [4.69, 9.17) is 4.74 Å². The van der Waals surface area contributed by atoms with E-state index in [0.717, 1.165) is 31.2 Å². The van der Waals surface area contributed by atoms with E-state index in [-0.39, 0.29) is 0 Å².